The van der Waals surface area contributed by atoms with E-state index in [0.717, 1.165) is 6.54 Å². The smallest absolute Gasteiger partial charge is 0.0521 e. The monoisotopic (exact) mass is 235 g/mol. The van der Waals surface area contributed by atoms with E-state index in [1.807, 2.05) is 17.9 Å². The van der Waals surface area contributed by atoms with Crippen molar-refractivity contribution in [2.24, 2.45) is 12.5 Å². The maximum atomic E-state index is 4.25. The van der Waals surface area contributed by atoms with Crippen LogP contribution in [0, 0.1) is 5.41 Å². The molecule has 0 aliphatic heterocycles. The van der Waals surface area contributed by atoms with Crippen LogP contribution in [-0.2, 0) is 13.5 Å². The lowest BCUT2D eigenvalue weighted by Crippen LogP contribution is -2.32. The lowest BCUT2D eigenvalue weighted by atomic mass is 9.80. The minimum Gasteiger partial charge on any atom is -0.316 e. The highest BCUT2D eigenvalue weighted by molar-refractivity contribution is 5.05. The summed E-state index contributed by atoms with van der Waals surface area (Å²) in [4.78, 5) is 0. The topological polar surface area (TPSA) is 29.9 Å². The van der Waals surface area contributed by atoms with E-state index in [1.165, 1.54) is 50.6 Å². The average Bonchev–Trinajstić information content (AvgIpc) is 2.94. The molecule has 1 aromatic heterocycles. The molecule has 0 atom stereocenters. The fraction of sp³-hybridized carbons (Fsp3) is 0.786. The molecule has 1 aliphatic carbocycles. The molecule has 1 saturated carbocycles. The molecule has 0 aromatic carbocycles. The summed E-state index contributed by atoms with van der Waals surface area (Å²) in [6.45, 7) is 4.49. The van der Waals surface area contributed by atoms with E-state index in [2.05, 4.69) is 23.5 Å². The van der Waals surface area contributed by atoms with Crippen molar-refractivity contribution >= 4 is 0 Å². The fourth-order valence-corrected chi connectivity index (χ4v) is 3.04. The quantitative estimate of drug-likeness (QED) is 0.821. The average molecular weight is 235 g/mol. The first-order chi connectivity index (χ1) is 8.24. The first-order valence-corrected chi connectivity index (χ1v) is 6.92. The number of nitrogens with one attached hydrogen (secondary N) is 1. The summed E-state index contributed by atoms with van der Waals surface area (Å²) >= 11 is 0. The van der Waals surface area contributed by atoms with Crippen LogP contribution in [0.4, 0.5) is 0 Å². The minimum absolute atomic E-state index is 0.561. The van der Waals surface area contributed by atoms with Crippen LogP contribution in [-0.4, -0.2) is 22.9 Å². The Balaban J connectivity index is 1.89. The van der Waals surface area contributed by atoms with Crippen molar-refractivity contribution in [1.82, 2.24) is 15.1 Å². The maximum absolute atomic E-state index is 4.25. The first kappa shape index (κ1) is 12.6. The van der Waals surface area contributed by atoms with Gasteiger partial charge in [-0.15, -0.1) is 0 Å². The van der Waals surface area contributed by atoms with E-state index < -0.39 is 0 Å². The number of aryl methyl sites for hydroxylation is 2. The molecule has 0 spiro atoms. The van der Waals surface area contributed by atoms with Gasteiger partial charge in [-0.3, -0.25) is 4.68 Å². The minimum atomic E-state index is 0.561. The van der Waals surface area contributed by atoms with E-state index >= 15 is 0 Å². The second-order valence-electron chi connectivity index (χ2n) is 5.51. The fourth-order valence-electron chi connectivity index (χ4n) is 3.04. The maximum Gasteiger partial charge on any atom is 0.0521 e. The van der Waals surface area contributed by atoms with Crippen LogP contribution in [0.15, 0.2) is 12.4 Å². The Morgan fingerprint density at radius 3 is 2.76 bits per heavy atom. The van der Waals surface area contributed by atoms with Gasteiger partial charge in [-0.2, -0.15) is 5.10 Å². The molecule has 1 heterocycles. The van der Waals surface area contributed by atoms with Crippen molar-refractivity contribution < 1.29 is 0 Å². The van der Waals surface area contributed by atoms with E-state index in [4.69, 9.17) is 0 Å². The standard InChI is InChI=1S/C14H25N3/c1-3-15-12-14(7-4-5-8-14)9-6-13-10-16-17(2)11-13/h10-11,15H,3-9,12H2,1-2H3. The molecule has 17 heavy (non-hydrogen) atoms. The van der Waals surface area contributed by atoms with Crippen LogP contribution < -0.4 is 5.32 Å². The Kier molecular flexibility index (Phi) is 4.21. The molecule has 3 nitrogen and oxygen atoms in total. The molecule has 3 heteroatoms. The van der Waals surface area contributed by atoms with Gasteiger partial charge in [-0.25, -0.2) is 0 Å². The highest BCUT2D eigenvalue weighted by Crippen LogP contribution is 2.41. The largest absolute Gasteiger partial charge is 0.316 e. The van der Waals surface area contributed by atoms with Gasteiger partial charge < -0.3 is 5.32 Å². The van der Waals surface area contributed by atoms with Crippen molar-refractivity contribution in [2.45, 2.75) is 45.4 Å². The summed E-state index contributed by atoms with van der Waals surface area (Å²) in [7, 11) is 1.99. The molecular weight excluding hydrogens is 210 g/mol. The lowest BCUT2D eigenvalue weighted by Gasteiger charge is -2.29. The van der Waals surface area contributed by atoms with Gasteiger partial charge in [0.25, 0.3) is 0 Å². The van der Waals surface area contributed by atoms with Crippen LogP contribution in [0.1, 0.15) is 44.6 Å². The summed E-state index contributed by atoms with van der Waals surface area (Å²) in [5.41, 5.74) is 1.95. The zero-order valence-corrected chi connectivity index (χ0v) is 11.2. The second kappa shape index (κ2) is 5.67. The number of hydrogen-bond acceptors (Lipinski definition) is 2. The molecule has 0 unspecified atom stereocenters. The SMILES string of the molecule is CCNCC1(CCc2cnn(C)c2)CCCC1. The third-order valence-electron chi connectivity index (χ3n) is 4.12. The summed E-state index contributed by atoms with van der Waals surface area (Å²) in [6, 6.07) is 0. The second-order valence-corrected chi connectivity index (χ2v) is 5.51. The number of aromatic nitrogens is 2. The summed E-state index contributed by atoms with van der Waals surface area (Å²) < 4.78 is 1.90. The molecule has 0 amide bonds. The summed E-state index contributed by atoms with van der Waals surface area (Å²) in [6.07, 6.45) is 12.3. The number of nitrogens with zero attached hydrogens (tertiary/aromatic N) is 2. The van der Waals surface area contributed by atoms with E-state index in [1.54, 1.807) is 0 Å². The molecule has 1 N–H and O–H groups in total. The number of hydrogen-bond donors (Lipinski definition) is 1. The van der Waals surface area contributed by atoms with Crippen molar-refractivity contribution in [2.75, 3.05) is 13.1 Å². The zero-order chi connectivity index (χ0) is 12.1. The normalized spacial score (nSPS) is 18.7. The third-order valence-corrected chi connectivity index (χ3v) is 4.12. The zero-order valence-electron chi connectivity index (χ0n) is 11.2. The molecule has 2 rings (SSSR count). The van der Waals surface area contributed by atoms with E-state index in [0.29, 0.717) is 5.41 Å². The molecule has 96 valence electrons. The van der Waals surface area contributed by atoms with Gasteiger partial charge in [-0.05, 0) is 43.2 Å². The van der Waals surface area contributed by atoms with E-state index in [9.17, 15) is 0 Å². The Morgan fingerprint density at radius 1 is 1.41 bits per heavy atom. The van der Waals surface area contributed by atoms with Gasteiger partial charge in [0, 0.05) is 19.8 Å². The predicted octanol–water partition coefficient (Wildman–Crippen LogP) is 2.52. The van der Waals surface area contributed by atoms with Crippen molar-refractivity contribution in [3.63, 3.8) is 0 Å². The Labute approximate surface area is 105 Å². The van der Waals surface area contributed by atoms with Crippen LogP contribution in [0.2, 0.25) is 0 Å². The lowest BCUT2D eigenvalue weighted by molar-refractivity contribution is 0.259. The van der Waals surface area contributed by atoms with Gasteiger partial charge in [0.05, 0.1) is 6.20 Å². The van der Waals surface area contributed by atoms with Crippen LogP contribution in [0.5, 0.6) is 0 Å². The summed E-state index contributed by atoms with van der Waals surface area (Å²) in [5.74, 6) is 0. The van der Waals surface area contributed by atoms with Gasteiger partial charge in [0.1, 0.15) is 0 Å². The van der Waals surface area contributed by atoms with Crippen molar-refractivity contribution in [3.05, 3.63) is 18.0 Å². The van der Waals surface area contributed by atoms with Crippen molar-refractivity contribution in [1.29, 1.82) is 0 Å². The molecule has 1 fully saturated rings. The Bertz CT molecular complexity index is 337. The predicted molar refractivity (Wildman–Crippen MR) is 71.0 cm³/mol. The number of rotatable bonds is 6. The van der Waals surface area contributed by atoms with Gasteiger partial charge >= 0.3 is 0 Å². The van der Waals surface area contributed by atoms with Crippen LogP contribution in [0.3, 0.4) is 0 Å². The van der Waals surface area contributed by atoms with E-state index in [-0.39, 0.29) is 0 Å². The van der Waals surface area contributed by atoms with Crippen molar-refractivity contribution in [3.8, 4) is 0 Å². The highest BCUT2D eigenvalue weighted by Gasteiger charge is 2.32. The molecule has 0 bridgehead atoms. The third kappa shape index (κ3) is 3.32. The molecule has 1 aliphatic rings. The van der Waals surface area contributed by atoms with Crippen LogP contribution in [0.25, 0.3) is 0 Å². The molecule has 0 saturated heterocycles. The molecular formula is C14H25N3. The highest BCUT2D eigenvalue weighted by atomic mass is 15.2. The Morgan fingerprint density at radius 2 is 2.18 bits per heavy atom. The molecule has 1 aromatic rings. The van der Waals surface area contributed by atoms with Crippen LogP contribution >= 0.6 is 0 Å². The van der Waals surface area contributed by atoms with Gasteiger partial charge in [-0.1, -0.05) is 19.8 Å². The Hall–Kier alpha value is -0.830. The molecule has 0 radical (unpaired) electrons. The first-order valence-electron chi connectivity index (χ1n) is 6.92. The van der Waals surface area contributed by atoms with Gasteiger partial charge in [0.15, 0.2) is 0 Å². The van der Waals surface area contributed by atoms with Gasteiger partial charge in [0.2, 0.25) is 0 Å². The summed E-state index contributed by atoms with van der Waals surface area (Å²) in [5, 5.41) is 7.80.